The van der Waals surface area contributed by atoms with Crippen molar-refractivity contribution in [3.05, 3.63) is 0 Å². The van der Waals surface area contributed by atoms with Crippen molar-refractivity contribution in [1.82, 2.24) is 15.1 Å². The lowest BCUT2D eigenvalue weighted by Crippen LogP contribution is -2.57. The van der Waals surface area contributed by atoms with Crippen LogP contribution in [0.5, 0.6) is 0 Å². The van der Waals surface area contributed by atoms with E-state index in [4.69, 9.17) is 0 Å². The molecular formula is C15H27N3O2S. The monoisotopic (exact) mass is 313 g/mol. The van der Waals surface area contributed by atoms with Gasteiger partial charge in [-0.2, -0.15) is 11.8 Å². The van der Waals surface area contributed by atoms with E-state index < -0.39 is 5.54 Å². The summed E-state index contributed by atoms with van der Waals surface area (Å²) in [6.07, 6.45) is 1.74. The predicted molar refractivity (Wildman–Crippen MR) is 86.4 cm³/mol. The maximum Gasteiger partial charge on any atom is 0.248 e. The number of thioether (sulfide) groups is 1. The quantitative estimate of drug-likeness (QED) is 0.821. The second-order valence-electron chi connectivity index (χ2n) is 5.83. The zero-order valence-electron chi connectivity index (χ0n) is 13.2. The smallest absolute Gasteiger partial charge is 0.248 e. The lowest BCUT2D eigenvalue weighted by molar-refractivity contribution is -0.139. The first-order valence-electron chi connectivity index (χ1n) is 8.02. The minimum absolute atomic E-state index is 0.00363. The molecule has 5 nitrogen and oxygen atoms in total. The molecule has 2 aliphatic heterocycles. The fraction of sp³-hybridized carbons (Fsp3) is 0.867. The van der Waals surface area contributed by atoms with Gasteiger partial charge in [-0.25, -0.2) is 0 Å². The first-order chi connectivity index (χ1) is 10.1. The number of carbonyl (C=O) groups is 2. The lowest BCUT2D eigenvalue weighted by Gasteiger charge is -2.35. The molecule has 2 amide bonds. The molecule has 0 unspecified atom stereocenters. The van der Waals surface area contributed by atoms with Gasteiger partial charge < -0.3 is 10.2 Å². The third-order valence-electron chi connectivity index (χ3n) is 4.68. The molecule has 0 aliphatic carbocycles. The van der Waals surface area contributed by atoms with Crippen molar-refractivity contribution < 1.29 is 9.59 Å². The molecule has 120 valence electrons. The van der Waals surface area contributed by atoms with Gasteiger partial charge in [-0.15, -0.1) is 0 Å². The summed E-state index contributed by atoms with van der Waals surface area (Å²) in [7, 11) is 0. The van der Waals surface area contributed by atoms with Gasteiger partial charge in [0.2, 0.25) is 11.8 Å². The Morgan fingerprint density at radius 2 is 1.76 bits per heavy atom. The molecule has 0 aromatic heterocycles. The van der Waals surface area contributed by atoms with E-state index in [2.05, 4.69) is 10.2 Å². The van der Waals surface area contributed by atoms with Crippen molar-refractivity contribution in [3.8, 4) is 0 Å². The molecule has 2 rings (SSSR count). The van der Waals surface area contributed by atoms with Crippen molar-refractivity contribution in [3.63, 3.8) is 0 Å². The van der Waals surface area contributed by atoms with E-state index in [1.807, 2.05) is 30.5 Å². The van der Waals surface area contributed by atoms with E-state index >= 15 is 0 Å². The second-order valence-corrected chi connectivity index (χ2v) is 7.06. The number of hydrogen-bond donors (Lipinski definition) is 1. The van der Waals surface area contributed by atoms with Gasteiger partial charge in [-0.3, -0.25) is 14.5 Å². The molecule has 0 saturated carbocycles. The van der Waals surface area contributed by atoms with Crippen LogP contribution in [0.4, 0.5) is 0 Å². The predicted octanol–water partition coefficient (Wildman–Crippen LogP) is 0.943. The van der Waals surface area contributed by atoms with Crippen LogP contribution in [0.15, 0.2) is 0 Å². The molecule has 2 aliphatic rings. The minimum atomic E-state index is -0.689. The van der Waals surface area contributed by atoms with Crippen molar-refractivity contribution in [1.29, 1.82) is 0 Å². The van der Waals surface area contributed by atoms with E-state index in [0.29, 0.717) is 25.8 Å². The highest BCUT2D eigenvalue weighted by Crippen LogP contribution is 2.22. The van der Waals surface area contributed by atoms with Gasteiger partial charge in [0, 0.05) is 50.7 Å². The van der Waals surface area contributed by atoms with Crippen molar-refractivity contribution >= 4 is 23.6 Å². The number of hydrogen-bond acceptors (Lipinski definition) is 4. The van der Waals surface area contributed by atoms with Crippen LogP contribution in [-0.4, -0.2) is 71.4 Å². The van der Waals surface area contributed by atoms with Crippen LogP contribution in [-0.2, 0) is 9.59 Å². The highest BCUT2D eigenvalue weighted by Gasteiger charge is 2.41. The Hall–Kier alpha value is -0.750. The summed E-state index contributed by atoms with van der Waals surface area (Å²) in [5, 5.41) is 2.96. The van der Waals surface area contributed by atoms with Crippen LogP contribution >= 0.6 is 11.8 Å². The number of rotatable bonds is 5. The van der Waals surface area contributed by atoms with Crippen LogP contribution < -0.4 is 5.32 Å². The average Bonchev–Trinajstić information content (AvgIpc) is 2.64. The fourth-order valence-corrected chi connectivity index (χ4v) is 4.03. The first kappa shape index (κ1) is 16.6. The molecule has 0 spiro atoms. The van der Waals surface area contributed by atoms with E-state index in [1.54, 1.807) is 0 Å². The van der Waals surface area contributed by atoms with Gasteiger partial charge in [0.05, 0.1) is 0 Å². The highest BCUT2D eigenvalue weighted by atomic mass is 32.2. The van der Waals surface area contributed by atoms with Crippen LogP contribution in [0.2, 0.25) is 0 Å². The Morgan fingerprint density at radius 3 is 2.38 bits per heavy atom. The average molecular weight is 313 g/mol. The second kappa shape index (κ2) is 7.49. The van der Waals surface area contributed by atoms with Crippen LogP contribution in [0.3, 0.4) is 0 Å². The minimum Gasteiger partial charge on any atom is -0.342 e. The summed E-state index contributed by atoms with van der Waals surface area (Å²) >= 11 is 1.99. The van der Waals surface area contributed by atoms with Crippen molar-refractivity contribution in [2.45, 2.75) is 38.6 Å². The highest BCUT2D eigenvalue weighted by molar-refractivity contribution is 7.99. The number of nitrogens with one attached hydrogen (secondary N) is 1. The summed E-state index contributed by atoms with van der Waals surface area (Å²) in [6.45, 7) is 8.38. The molecule has 1 N–H and O–H groups in total. The summed E-state index contributed by atoms with van der Waals surface area (Å²) in [6, 6.07) is 0. The van der Waals surface area contributed by atoms with Crippen molar-refractivity contribution in [2.24, 2.45) is 0 Å². The van der Waals surface area contributed by atoms with Gasteiger partial charge in [-0.05, 0) is 12.8 Å². The molecule has 2 heterocycles. The number of amides is 2. The largest absolute Gasteiger partial charge is 0.342 e. The lowest BCUT2D eigenvalue weighted by atomic mass is 9.91. The summed E-state index contributed by atoms with van der Waals surface area (Å²) in [5.74, 6) is 2.47. The summed E-state index contributed by atoms with van der Waals surface area (Å²) in [4.78, 5) is 29.1. The summed E-state index contributed by atoms with van der Waals surface area (Å²) < 4.78 is 0. The van der Waals surface area contributed by atoms with Crippen LogP contribution in [0, 0.1) is 0 Å². The Kier molecular flexibility index (Phi) is 5.93. The van der Waals surface area contributed by atoms with E-state index in [-0.39, 0.29) is 11.8 Å². The Bertz CT molecular complexity index is 379. The normalized spacial score (nSPS) is 23.8. The zero-order valence-corrected chi connectivity index (χ0v) is 14.0. The number of carbonyl (C=O) groups excluding carboxylic acids is 2. The Labute approximate surface area is 131 Å². The van der Waals surface area contributed by atoms with E-state index in [9.17, 15) is 9.59 Å². The SMILES string of the molecule is CCC1(CC)NC(=O)CCN(CCN2CCSCC2)C1=O. The van der Waals surface area contributed by atoms with Gasteiger partial charge in [-0.1, -0.05) is 13.8 Å². The Balaban J connectivity index is 1.99. The maximum atomic E-state index is 12.8. The topological polar surface area (TPSA) is 52.7 Å². The molecule has 0 radical (unpaired) electrons. The third kappa shape index (κ3) is 3.92. The molecular weight excluding hydrogens is 286 g/mol. The molecule has 0 aromatic rings. The molecule has 0 aromatic carbocycles. The third-order valence-corrected chi connectivity index (χ3v) is 5.62. The maximum absolute atomic E-state index is 12.8. The molecule has 2 saturated heterocycles. The van der Waals surface area contributed by atoms with Crippen LogP contribution in [0.25, 0.3) is 0 Å². The van der Waals surface area contributed by atoms with E-state index in [1.165, 1.54) is 11.5 Å². The van der Waals surface area contributed by atoms with Gasteiger partial charge in [0.1, 0.15) is 5.54 Å². The standard InChI is InChI=1S/C15H27N3O2S/c1-3-15(4-2)14(20)18(6-5-13(19)16-15)8-7-17-9-11-21-12-10-17/h3-12H2,1-2H3,(H,16,19). The molecule has 2 fully saturated rings. The van der Waals surface area contributed by atoms with E-state index in [0.717, 1.165) is 26.2 Å². The zero-order chi connectivity index (χ0) is 15.3. The fourth-order valence-electron chi connectivity index (χ4n) is 3.05. The number of nitrogens with zero attached hydrogens (tertiary/aromatic N) is 2. The first-order valence-corrected chi connectivity index (χ1v) is 9.17. The van der Waals surface area contributed by atoms with Crippen LogP contribution in [0.1, 0.15) is 33.1 Å². The van der Waals surface area contributed by atoms with Gasteiger partial charge in [0.15, 0.2) is 0 Å². The Morgan fingerprint density at radius 1 is 1.10 bits per heavy atom. The molecule has 6 heteroatoms. The van der Waals surface area contributed by atoms with Gasteiger partial charge >= 0.3 is 0 Å². The molecule has 21 heavy (non-hydrogen) atoms. The van der Waals surface area contributed by atoms with Crippen molar-refractivity contribution in [2.75, 3.05) is 44.2 Å². The van der Waals surface area contributed by atoms with Gasteiger partial charge in [0.25, 0.3) is 0 Å². The molecule has 0 atom stereocenters. The summed E-state index contributed by atoms with van der Waals surface area (Å²) in [5.41, 5.74) is -0.689. The molecule has 0 bridgehead atoms.